The minimum Gasteiger partial charge on any atom is -0.462 e. The molecule has 4 rings (SSSR count). The van der Waals surface area contributed by atoms with E-state index in [0.717, 1.165) is 43.8 Å². The molecule has 3 aliphatic heterocycles. The van der Waals surface area contributed by atoms with Gasteiger partial charge in [-0.25, -0.2) is 4.79 Å². The number of amides is 1. The van der Waals surface area contributed by atoms with Crippen LogP contribution < -0.4 is 5.73 Å². The van der Waals surface area contributed by atoms with E-state index in [0.29, 0.717) is 36.4 Å². The van der Waals surface area contributed by atoms with E-state index in [1.807, 2.05) is 31.2 Å². The standard InChI is InChI=1S/C23H31ClN6O3/c1-15-13-30(18-7-9-28(10-8-18)21-12-20(25)26-27-21)19(11-16-3-5-17(24)6-4-16)14-29(15)22(31)23(32)33-2/h3-6,15,18-19H,7-14H2,1-2H3,(H2,25,26)/t15-,19?/m0/s1. The molecule has 2 atom stereocenters. The number of esters is 1. The van der Waals surface area contributed by atoms with Gasteiger partial charge in [0.1, 0.15) is 11.7 Å². The van der Waals surface area contributed by atoms with Crippen LogP contribution >= 0.6 is 11.6 Å². The lowest BCUT2D eigenvalue weighted by molar-refractivity contribution is -0.162. The van der Waals surface area contributed by atoms with Crippen molar-refractivity contribution in [2.45, 2.75) is 50.7 Å². The number of nitrogens with two attached hydrogens (primary N) is 1. The van der Waals surface area contributed by atoms with Gasteiger partial charge < -0.3 is 20.3 Å². The number of amidine groups is 2. The lowest BCUT2D eigenvalue weighted by Crippen LogP contribution is -2.64. The first kappa shape index (κ1) is 23.5. The summed E-state index contributed by atoms with van der Waals surface area (Å²) in [7, 11) is 1.24. The van der Waals surface area contributed by atoms with Gasteiger partial charge in [0.25, 0.3) is 0 Å². The van der Waals surface area contributed by atoms with Crippen LogP contribution in [0.1, 0.15) is 31.7 Å². The monoisotopic (exact) mass is 474 g/mol. The number of carbonyl (C=O) groups is 2. The Hall–Kier alpha value is -2.65. The first-order valence-electron chi connectivity index (χ1n) is 11.4. The number of benzene rings is 1. The van der Waals surface area contributed by atoms with Gasteiger partial charge in [0.2, 0.25) is 0 Å². The maximum atomic E-state index is 12.7. The zero-order valence-electron chi connectivity index (χ0n) is 19.1. The van der Waals surface area contributed by atoms with Gasteiger partial charge in [-0.15, -0.1) is 10.2 Å². The molecule has 3 heterocycles. The van der Waals surface area contributed by atoms with Crippen molar-refractivity contribution in [3.8, 4) is 0 Å². The largest absolute Gasteiger partial charge is 0.462 e. The SMILES string of the molecule is COC(=O)C(=O)N1CC(Cc2ccc(Cl)cc2)N(C2CCN(C3=NN=C(N)C3)CC2)C[C@@H]1C. The highest BCUT2D eigenvalue weighted by molar-refractivity contribution is 6.32. The molecule has 0 saturated carbocycles. The van der Waals surface area contributed by atoms with Gasteiger partial charge in [-0.2, -0.15) is 0 Å². The minimum absolute atomic E-state index is 0.0801. The van der Waals surface area contributed by atoms with Gasteiger partial charge in [0.15, 0.2) is 0 Å². The van der Waals surface area contributed by atoms with Crippen molar-refractivity contribution in [1.29, 1.82) is 0 Å². The Morgan fingerprint density at radius 3 is 2.45 bits per heavy atom. The van der Waals surface area contributed by atoms with Crippen LogP contribution in [0.15, 0.2) is 34.5 Å². The molecule has 0 radical (unpaired) electrons. The van der Waals surface area contributed by atoms with Crippen molar-refractivity contribution >= 4 is 35.1 Å². The molecule has 3 aliphatic rings. The number of nitrogens with zero attached hydrogens (tertiary/aromatic N) is 5. The molecule has 1 amide bonds. The van der Waals surface area contributed by atoms with E-state index in [2.05, 4.69) is 20.0 Å². The molecule has 1 unspecified atom stereocenters. The van der Waals surface area contributed by atoms with Crippen molar-refractivity contribution < 1.29 is 14.3 Å². The molecule has 1 aromatic carbocycles. The number of rotatable bonds is 3. The lowest BCUT2D eigenvalue weighted by Gasteiger charge is -2.50. The van der Waals surface area contributed by atoms with Crippen LogP contribution in [-0.2, 0) is 20.7 Å². The van der Waals surface area contributed by atoms with E-state index >= 15 is 0 Å². The highest BCUT2D eigenvalue weighted by Crippen LogP contribution is 2.27. The smallest absolute Gasteiger partial charge is 0.396 e. The fourth-order valence-corrected chi connectivity index (χ4v) is 5.19. The number of piperidine rings is 1. The van der Waals surface area contributed by atoms with Crippen LogP contribution in [0.25, 0.3) is 0 Å². The third-order valence-corrected chi connectivity index (χ3v) is 7.07. The summed E-state index contributed by atoms with van der Waals surface area (Å²) in [6, 6.07) is 8.22. The first-order chi connectivity index (χ1) is 15.9. The van der Waals surface area contributed by atoms with E-state index in [1.165, 1.54) is 7.11 Å². The van der Waals surface area contributed by atoms with Crippen molar-refractivity contribution in [2.24, 2.45) is 15.9 Å². The Labute approximate surface area is 199 Å². The third-order valence-electron chi connectivity index (χ3n) is 6.82. The molecule has 0 aliphatic carbocycles. The molecule has 2 saturated heterocycles. The Morgan fingerprint density at radius 2 is 1.85 bits per heavy atom. The normalized spacial score (nSPS) is 24.5. The van der Waals surface area contributed by atoms with Crippen LogP contribution in [0.3, 0.4) is 0 Å². The van der Waals surface area contributed by atoms with Crippen LogP contribution in [0, 0.1) is 0 Å². The Morgan fingerprint density at radius 1 is 1.15 bits per heavy atom. The highest BCUT2D eigenvalue weighted by atomic mass is 35.5. The van der Waals surface area contributed by atoms with Crippen LogP contribution in [-0.4, -0.2) is 89.7 Å². The van der Waals surface area contributed by atoms with Crippen LogP contribution in [0.5, 0.6) is 0 Å². The summed E-state index contributed by atoms with van der Waals surface area (Å²) in [4.78, 5) is 31.1. The molecule has 2 N–H and O–H groups in total. The summed E-state index contributed by atoms with van der Waals surface area (Å²) in [5, 5.41) is 8.88. The number of piperazine rings is 1. The number of carbonyl (C=O) groups excluding carboxylic acids is 2. The Balaban J connectivity index is 1.48. The fraction of sp³-hybridized carbons (Fsp3) is 0.565. The van der Waals surface area contributed by atoms with E-state index in [-0.39, 0.29) is 12.1 Å². The third kappa shape index (κ3) is 5.30. The van der Waals surface area contributed by atoms with Crippen molar-refractivity contribution in [3.63, 3.8) is 0 Å². The minimum atomic E-state index is -0.812. The molecule has 1 aromatic rings. The van der Waals surface area contributed by atoms with E-state index in [9.17, 15) is 9.59 Å². The first-order valence-corrected chi connectivity index (χ1v) is 11.8. The summed E-state index contributed by atoms with van der Waals surface area (Å²) in [6.45, 7) is 4.98. The number of methoxy groups -OCH3 is 1. The summed E-state index contributed by atoms with van der Waals surface area (Å²) in [5.41, 5.74) is 6.94. The maximum Gasteiger partial charge on any atom is 0.396 e. The van der Waals surface area contributed by atoms with E-state index < -0.39 is 11.9 Å². The molecule has 9 nitrogen and oxygen atoms in total. The summed E-state index contributed by atoms with van der Waals surface area (Å²) < 4.78 is 4.70. The fourth-order valence-electron chi connectivity index (χ4n) is 5.06. The topological polar surface area (TPSA) is 104 Å². The molecule has 0 spiro atoms. The molecular formula is C23H31ClN6O3. The van der Waals surface area contributed by atoms with E-state index in [1.54, 1.807) is 4.90 Å². The van der Waals surface area contributed by atoms with Gasteiger partial charge in [-0.3, -0.25) is 9.69 Å². The average Bonchev–Trinajstić information content (AvgIpc) is 3.26. The van der Waals surface area contributed by atoms with Crippen molar-refractivity contribution in [1.82, 2.24) is 14.7 Å². The molecule has 33 heavy (non-hydrogen) atoms. The second-order valence-corrected chi connectivity index (χ2v) is 9.42. The predicted octanol–water partition coefficient (Wildman–Crippen LogP) is 1.50. The van der Waals surface area contributed by atoms with Gasteiger partial charge in [0, 0.05) is 49.3 Å². The number of halogens is 1. The summed E-state index contributed by atoms with van der Waals surface area (Å²) >= 11 is 6.07. The summed E-state index contributed by atoms with van der Waals surface area (Å²) in [5.74, 6) is 0.131. The zero-order valence-corrected chi connectivity index (χ0v) is 19.9. The van der Waals surface area contributed by atoms with Crippen LogP contribution in [0.4, 0.5) is 0 Å². The average molecular weight is 475 g/mol. The van der Waals surface area contributed by atoms with Gasteiger partial charge in [0.05, 0.1) is 13.5 Å². The van der Waals surface area contributed by atoms with Gasteiger partial charge in [-0.1, -0.05) is 23.7 Å². The Bertz CT molecular complexity index is 942. The van der Waals surface area contributed by atoms with Crippen molar-refractivity contribution in [3.05, 3.63) is 34.9 Å². The molecule has 2 fully saturated rings. The highest BCUT2D eigenvalue weighted by Gasteiger charge is 2.40. The molecular weight excluding hydrogens is 444 g/mol. The molecule has 10 heteroatoms. The molecule has 0 aromatic heterocycles. The zero-order chi connectivity index (χ0) is 23.5. The van der Waals surface area contributed by atoms with E-state index in [4.69, 9.17) is 22.1 Å². The van der Waals surface area contributed by atoms with Gasteiger partial charge >= 0.3 is 11.9 Å². The second-order valence-electron chi connectivity index (χ2n) is 8.98. The van der Waals surface area contributed by atoms with Gasteiger partial charge in [-0.05, 0) is 43.9 Å². The number of likely N-dealkylation sites (tertiary alicyclic amines) is 1. The molecule has 178 valence electrons. The molecule has 0 bridgehead atoms. The van der Waals surface area contributed by atoms with Crippen molar-refractivity contribution in [2.75, 3.05) is 33.3 Å². The second kappa shape index (κ2) is 10.1. The maximum absolute atomic E-state index is 12.7. The predicted molar refractivity (Wildman–Crippen MR) is 127 cm³/mol. The number of hydrogen-bond donors (Lipinski definition) is 1. The lowest BCUT2D eigenvalue weighted by atomic mass is 9.93. The quantitative estimate of drug-likeness (QED) is 0.526. The number of hydrogen-bond acceptors (Lipinski definition) is 8. The Kier molecular flexibility index (Phi) is 7.19. The summed E-state index contributed by atoms with van der Waals surface area (Å²) in [6.07, 6.45) is 3.38. The number of ether oxygens (including phenoxy) is 1. The van der Waals surface area contributed by atoms with Crippen LogP contribution in [0.2, 0.25) is 5.02 Å².